The molecule has 31 heavy (non-hydrogen) atoms. The minimum Gasteiger partial charge on any atom is -0.458 e. The molecule has 0 radical (unpaired) electrons. The average Bonchev–Trinajstić information content (AvgIpc) is 2.91. The molecule has 3 amide bonds. The van der Waals surface area contributed by atoms with Crippen LogP contribution in [0.1, 0.15) is 51.1 Å². The van der Waals surface area contributed by atoms with Gasteiger partial charge in [0.15, 0.2) is 0 Å². The van der Waals surface area contributed by atoms with Crippen LogP contribution in [0, 0.1) is 0 Å². The van der Waals surface area contributed by atoms with Crippen LogP contribution in [0.15, 0.2) is 54.6 Å². The summed E-state index contributed by atoms with van der Waals surface area (Å²) < 4.78 is 5.22. The van der Waals surface area contributed by atoms with Crippen molar-refractivity contribution in [3.63, 3.8) is 0 Å². The normalized spacial score (nSPS) is 18.6. The third-order valence-electron chi connectivity index (χ3n) is 5.42. The number of hydrogen-bond donors (Lipinski definition) is 1. The number of rotatable bonds is 5. The van der Waals surface area contributed by atoms with E-state index in [-0.39, 0.29) is 23.6 Å². The maximum atomic E-state index is 13.1. The van der Waals surface area contributed by atoms with Crippen molar-refractivity contribution in [2.24, 2.45) is 0 Å². The number of benzene rings is 2. The van der Waals surface area contributed by atoms with Crippen LogP contribution in [-0.4, -0.2) is 41.2 Å². The van der Waals surface area contributed by atoms with Crippen molar-refractivity contribution in [2.45, 2.75) is 31.9 Å². The predicted octanol–water partition coefficient (Wildman–Crippen LogP) is 2.71. The van der Waals surface area contributed by atoms with Crippen LogP contribution in [0.25, 0.3) is 6.08 Å². The number of nitrogens with one attached hydrogen (secondary N) is 1. The molecule has 2 heterocycles. The van der Waals surface area contributed by atoms with Gasteiger partial charge in [-0.15, -0.1) is 0 Å². The van der Waals surface area contributed by atoms with Crippen molar-refractivity contribution in [1.82, 2.24) is 10.2 Å². The molecule has 0 aromatic heterocycles. The van der Waals surface area contributed by atoms with Crippen LogP contribution >= 0.6 is 0 Å². The highest BCUT2D eigenvalue weighted by Crippen LogP contribution is 2.30. The highest BCUT2D eigenvalue weighted by Gasteiger charge is 2.43. The number of esters is 1. The molecule has 7 nitrogen and oxygen atoms in total. The molecule has 7 heteroatoms. The molecule has 4 rings (SSSR count). The van der Waals surface area contributed by atoms with Crippen molar-refractivity contribution in [3.05, 3.63) is 76.9 Å². The zero-order valence-electron chi connectivity index (χ0n) is 16.9. The van der Waals surface area contributed by atoms with E-state index in [2.05, 4.69) is 5.32 Å². The lowest BCUT2D eigenvalue weighted by Gasteiger charge is -2.23. The zero-order valence-corrected chi connectivity index (χ0v) is 16.9. The fraction of sp³-hybridized carbons (Fsp3) is 0.250. The summed E-state index contributed by atoms with van der Waals surface area (Å²) in [6, 6.07) is 13.3. The molecule has 2 aromatic rings. The molecule has 1 unspecified atom stereocenters. The Labute approximate surface area is 179 Å². The maximum Gasteiger partial charge on any atom is 0.331 e. The summed E-state index contributed by atoms with van der Waals surface area (Å²) in [5.41, 5.74) is 1.74. The number of ether oxygens (including phenoxy) is 1. The monoisotopic (exact) mass is 418 g/mol. The summed E-state index contributed by atoms with van der Waals surface area (Å²) in [4.78, 5) is 51.6. The number of imide groups is 1. The third kappa shape index (κ3) is 4.26. The molecule has 1 saturated heterocycles. The highest BCUT2D eigenvalue weighted by molar-refractivity contribution is 6.24. The van der Waals surface area contributed by atoms with Crippen LogP contribution in [0.4, 0.5) is 0 Å². The topological polar surface area (TPSA) is 92.8 Å². The van der Waals surface area contributed by atoms with E-state index in [4.69, 9.17) is 4.74 Å². The molecule has 2 aliphatic heterocycles. The summed E-state index contributed by atoms with van der Waals surface area (Å²) in [5, 5.41) is 2.76. The first-order valence-corrected chi connectivity index (χ1v) is 10.2. The molecule has 158 valence electrons. The Hall–Kier alpha value is -3.74. The molecule has 0 aliphatic carbocycles. The molecule has 0 bridgehead atoms. The van der Waals surface area contributed by atoms with Gasteiger partial charge in [0.1, 0.15) is 12.6 Å². The number of carbonyl (C=O) groups excluding carboxylic acids is 4. The van der Waals surface area contributed by atoms with Crippen LogP contribution in [0.2, 0.25) is 0 Å². The van der Waals surface area contributed by atoms with Crippen LogP contribution < -0.4 is 5.32 Å². The Morgan fingerprint density at radius 3 is 2.65 bits per heavy atom. The van der Waals surface area contributed by atoms with Gasteiger partial charge in [0.25, 0.3) is 11.8 Å². The molecular weight excluding hydrogens is 396 g/mol. The number of fused-ring (bicyclic) bond motifs is 1. The lowest BCUT2D eigenvalue weighted by Crippen LogP contribution is -2.48. The molecule has 2 aliphatic rings. The van der Waals surface area contributed by atoms with Gasteiger partial charge in [-0.1, -0.05) is 42.5 Å². The van der Waals surface area contributed by atoms with Crippen molar-refractivity contribution < 1.29 is 23.9 Å². The summed E-state index contributed by atoms with van der Waals surface area (Å²) in [6.07, 6.45) is 4.70. The molecule has 1 fully saturated rings. The smallest absolute Gasteiger partial charge is 0.331 e. The van der Waals surface area contributed by atoms with Crippen molar-refractivity contribution in [2.75, 3.05) is 6.54 Å². The lowest BCUT2D eigenvalue weighted by molar-refractivity contribution is -0.138. The van der Waals surface area contributed by atoms with Crippen molar-refractivity contribution in [1.29, 1.82) is 0 Å². The van der Waals surface area contributed by atoms with Gasteiger partial charge in [0.2, 0.25) is 5.91 Å². The zero-order chi connectivity index (χ0) is 21.8. The standard InChI is InChI=1S/C24H22N2O5/c27-20(31-15-16-7-2-1-3-8-16)13-12-17-9-6-10-18-21(17)24(30)26(23(18)29)19-11-4-5-14-25-22(19)28/h1-3,6-10,12-13,19H,4-5,11,14-15H2,(H,25,28)/b13-12+. The average molecular weight is 418 g/mol. The number of carbonyl (C=O) groups is 4. The van der Waals surface area contributed by atoms with E-state index in [0.29, 0.717) is 18.5 Å². The highest BCUT2D eigenvalue weighted by atomic mass is 16.5. The lowest BCUT2D eigenvalue weighted by atomic mass is 10.0. The summed E-state index contributed by atoms with van der Waals surface area (Å²) >= 11 is 0. The van der Waals surface area contributed by atoms with Crippen LogP contribution in [0.3, 0.4) is 0 Å². The second kappa shape index (κ2) is 8.95. The summed E-state index contributed by atoms with van der Waals surface area (Å²) in [5.74, 6) is -1.87. The number of hydrogen-bond acceptors (Lipinski definition) is 5. The SMILES string of the molecule is O=C(/C=C/c1cccc2c1C(=O)N(C1CCCCNC1=O)C2=O)OCc1ccccc1. The van der Waals surface area contributed by atoms with E-state index in [1.165, 1.54) is 12.2 Å². The Morgan fingerprint density at radius 2 is 1.84 bits per heavy atom. The van der Waals surface area contributed by atoms with Gasteiger partial charge in [0, 0.05) is 12.6 Å². The second-order valence-corrected chi connectivity index (χ2v) is 7.48. The minimum absolute atomic E-state index is 0.138. The second-order valence-electron chi connectivity index (χ2n) is 7.48. The predicted molar refractivity (Wildman–Crippen MR) is 113 cm³/mol. The van der Waals surface area contributed by atoms with E-state index in [0.717, 1.165) is 23.3 Å². The van der Waals surface area contributed by atoms with E-state index in [9.17, 15) is 19.2 Å². The van der Waals surface area contributed by atoms with E-state index >= 15 is 0 Å². The van der Waals surface area contributed by atoms with E-state index in [1.807, 2.05) is 30.3 Å². The minimum atomic E-state index is -0.817. The van der Waals surface area contributed by atoms with Gasteiger partial charge in [-0.2, -0.15) is 0 Å². The van der Waals surface area contributed by atoms with Gasteiger partial charge in [0.05, 0.1) is 11.1 Å². The van der Waals surface area contributed by atoms with Crippen LogP contribution in [-0.2, 0) is 20.9 Å². The fourth-order valence-corrected chi connectivity index (χ4v) is 3.86. The van der Waals surface area contributed by atoms with Gasteiger partial charge in [-0.25, -0.2) is 4.79 Å². The number of amides is 3. The molecule has 2 aromatic carbocycles. The molecule has 0 spiro atoms. The molecule has 1 atom stereocenters. The Bertz CT molecular complexity index is 1060. The first-order valence-electron chi connectivity index (χ1n) is 10.2. The largest absolute Gasteiger partial charge is 0.458 e. The van der Waals surface area contributed by atoms with E-state index < -0.39 is 23.8 Å². The maximum absolute atomic E-state index is 13.1. The fourth-order valence-electron chi connectivity index (χ4n) is 3.86. The van der Waals surface area contributed by atoms with Gasteiger partial charge in [-0.3, -0.25) is 19.3 Å². The van der Waals surface area contributed by atoms with Crippen molar-refractivity contribution >= 4 is 29.8 Å². The van der Waals surface area contributed by atoms with E-state index in [1.54, 1.807) is 18.2 Å². The first kappa shape index (κ1) is 20.5. The third-order valence-corrected chi connectivity index (χ3v) is 5.42. The molecule has 1 N–H and O–H groups in total. The van der Waals surface area contributed by atoms with Gasteiger partial charge < -0.3 is 10.1 Å². The van der Waals surface area contributed by atoms with Crippen LogP contribution in [0.5, 0.6) is 0 Å². The summed E-state index contributed by atoms with van der Waals surface area (Å²) in [6.45, 7) is 0.677. The van der Waals surface area contributed by atoms with Crippen molar-refractivity contribution in [3.8, 4) is 0 Å². The number of nitrogens with zero attached hydrogens (tertiary/aromatic N) is 1. The Balaban J connectivity index is 1.52. The van der Waals surface area contributed by atoms with Gasteiger partial charge in [-0.05, 0) is 42.5 Å². The summed E-state index contributed by atoms with van der Waals surface area (Å²) in [7, 11) is 0. The molecular formula is C24H22N2O5. The Morgan fingerprint density at radius 1 is 1.03 bits per heavy atom. The first-order chi connectivity index (χ1) is 15.1. The quantitative estimate of drug-likeness (QED) is 0.458. The van der Waals surface area contributed by atoms with Gasteiger partial charge >= 0.3 is 5.97 Å². The molecule has 0 saturated carbocycles. The Kier molecular flexibility index (Phi) is 5.93.